The standard InChI is InChI=1S/C22H24N10O/c1-22(19(33)25-17-13-23-8-9-24-17)7-3-11-32(22)21-27-18-4-2-10-31(18)20(28-21)26-16-12-15(29-30-16)14-5-6-14/h2,4,8-10,12-14H,3,5-7,11H2,1H3,(H,24,25,33)(H2,26,27,28,29,30)/t22-/m0/s1. The first-order valence-electron chi connectivity index (χ1n) is 11.1. The van der Waals surface area contributed by atoms with Crippen molar-refractivity contribution in [2.24, 2.45) is 0 Å². The van der Waals surface area contributed by atoms with Crippen LogP contribution < -0.4 is 15.5 Å². The number of H-pyrrole nitrogens is 1. The lowest BCUT2D eigenvalue weighted by Crippen LogP contribution is -2.51. The van der Waals surface area contributed by atoms with Gasteiger partial charge in [-0.25, -0.2) is 4.98 Å². The zero-order valence-electron chi connectivity index (χ0n) is 18.2. The van der Waals surface area contributed by atoms with Crippen LogP contribution in [0.2, 0.25) is 0 Å². The van der Waals surface area contributed by atoms with E-state index in [0.29, 0.717) is 42.4 Å². The number of anilines is 4. The number of nitrogens with one attached hydrogen (secondary N) is 3. The van der Waals surface area contributed by atoms with Gasteiger partial charge in [0.2, 0.25) is 11.9 Å². The summed E-state index contributed by atoms with van der Waals surface area (Å²) >= 11 is 0. The lowest BCUT2D eigenvalue weighted by Gasteiger charge is -2.33. The number of aromatic amines is 1. The molecule has 11 heteroatoms. The Morgan fingerprint density at radius 2 is 2.15 bits per heavy atom. The third-order valence-electron chi connectivity index (χ3n) is 6.41. The van der Waals surface area contributed by atoms with Crippen LogP contribution in [-0.2, 0) is 4.79 Å². The average Bonchev–Trinajstić information content (AvgIpc) is 3.20. The Morgan fingerprint density at radius 3 is 2.97 bits per heavy atom. The number of hydrogen-bond acceptors (Lipinski definition) is 8. The molecule has 168 valence electrons. The molecule has 1 saturated heterocycles. The Morgan fingerprint density at radius 1 is 1.24 bits per heavy atom. The second kappa shape index (κ2) is 7.54. The van der Waals surface area contributed by atoms with Crippen molar-refractivity contribution >= 4 is 35.1 Å². The van der Waals surface area contributed by atoms with Gasteiger partial charge in [-0.2, -0.15) is 15.1 Å². The van der Waals surface area contributed by atoms with Crippen LogP contribution in [0.25, 0.3) is 5.65 Å². The van der Waals surface area contributed by atoms with E-state index in [9.17, 15) is 4.79 Å². The number of aromatic nitrogens is 7. The normalized spacial score (nSPS) is 20.3. The predicted molar refractivity (Wildman–Crippen MR) is 122 cm³/mol. The van der Waals surface area contributed by atoms with Crippen molar-refractivity contribution in [2.75, 3.05) is 22.1 Å². The molecule has 33 heavy (non-hydrogen) atoms. The molecule has 6 rings (SSSR count). The summed E-state index contributed by atoms with van der Waals surface area (Å²) in [6.45, 7) is 2.59. The molecule has 1 saturated carbocycles. The lowest BCUT2D eigenvalue weighted by molar-refractivity contribution is -0.120. The minimum atomic E-state index is -0.814. The first-order valence-corrected chi connectivity index (χ1v) is 11.1. The van der Waals surface area contributed by atoms with Gasteiger partial charge in [0.1, 0.15) is 11.2 Å². The van der Waals surface area contributed by atoms with Gasteiger partial charge < -0.3 is 15.5 Å². The van der Waals surface area contributed by atoms with Crippen molar-refractivity contribution in [3.05, 3.63) is 48.7 Å². The highest BCUT2D eigenvalue weighted by molar-refractivity contribution is 5.99. The summed E-state index contributed by atoms with van der Waals surface area (Å²) in [4.78, 5) is 33.0. The quantitative estimate of drug-likeness (QED) is 0.414. The summed E-state index contributed by atoms with van der Waals surface area (Å²) in [5.74, 6) is 2.65. The second-order valence-electron chi connectivity index (χ2n) is 8.77. The van der Waals surface area contributed by atoms with Crippen molar-refractivity contribution in [3.8, 4) is 0 Å². The SMILES string of the molecule is C[C@@]1(C(=O)Nc2cnccn2)CCCN1c1nc(Nc2cc(C3CC3)[nH]n2)n2cccc2n1. The predicted octanol–water partition coefficient (Wildman–Crippen LogP) is 2.86. The Kier molecular flexibility index (Phi) is 4.49. The maximum atomic E-state index is 13.3. The van der Waals surface area contributed by atoms with Crippen LogP contribution in [0.1, 0.15) is 44.2 Å². The number of hydrogen-bond donors (Lipinski definition) is 3. The van der Waals surface area contributed by atoms with Crippen LogP contribution in [0.5, 0.6) is 0 Å². The van der Waals surface area contributed by atoms with Gasteiger partial charge in [0.05, 0.1) is 6.20 Å². The molecule has 3 N–H and O–H groups in total. The van der Waals surface area contributed by atoms with Crippen molar-refractivity contribution in [1.82, 2.24) is 34.5 Å². The maximum Gasteiger partial charge on any atom is 0.251 e. The molecule has 1 atom stereocenters. The summed E-state index contributed by atoms with van der Waals surface area (Å²) in [6.07, 6.45) is 10.5. The van der Waals surface area contributed by atoms with Crippen molar-refractivity contribution < 1.29 is 4.79 Å². The number of amides is 1. The number of carbonyl (C=O) groups is 1. The van der Waals surface area contributed by atoms with Crippen molar-refractivity contribution in [2.45, 2.75) is 44.1 Å². The molecular weight excluding hydrogens is 420 g/mol. The molecule has 1 aliphatic heterocycles. The molecular formula is C22H24N10O. The van der Waals surface area contributed by atoms with Crippen molar-refractivity contribution in [3.63, 3.8) is 0 Å². The molecule has 0 spiro atoms. The van der Waals surface area contributed by atoms with Gasteiger partial charge in [-0.05, 0) is 44.7 Å². The van der Waals surface area contributed by atoms with E-state index in [4.69, 9.17) is 9.97 Å². The number of carbonyl (C=O) groups excluding carboxylic acids is 1. The summed E-state index contributed by atoms with van der Waals surface area (Å²) in [5.41, 5.74) is 1.07. The minimum absolute atomic E-state index is 0.157. The highest BCUT2D eigenvalue weighted by Crippen LogP contribution is 2.40. The Hall–Kier alpha value is -4.02. The maximum absolute atomic E-state index is 13.3. The third kappa shape index (κ3) is 3.55. The van der Waals surface area contributed by atoms with Gasteiger partial charge in [0, 0.05) is 42.8 Å². The fourth-order valence-electron chi connectivity index (χ4n) is 4.38. The van der Waals surface area contributed by atoms with Crippen molar-refractivity contribution in [1.29, 1.82) is 0 Å². The van der Waals surface area contributed by atoms with E-state index in [-0.39, 0.29) is 5.91 Å². The van der Waals surface area contributed by atoms with Gasteiger partial charge in [-0.15, -0.1) is 0 Å². The molecule has 0 aromatic carbocycles. The van der Waals surface area contributed by atoms with E-state index in [1.54, 1.807) is 12.4 Å². The smallest absolute Gasteiger partial charge is 0.251 e. The Bertz CT molecular complexity index is 1310. The molecule has 1 amide bonds. The van der Waals surface area contributed by atoms with Gasteiger partial charge in [-0.3, -0.25) is 19.3 Å². The van der Waals surface area contributed by atoms with E-state index in [2.05, 4.69) is 30.8 Å². The average molecular weight is 445 g/mol. The number of fused-ring (bicyclic) bond motifs is 1. The van der Waals surface area contributed by atoms with Crippen LogP contribution >= 0.6 is 0 Å². The van der Waals surface area contributed by atoms with Gasteiger partial charge in [0.25, 0.3) is 5.91 Å². The van der Waals surface area contributed by atoms with E-state index in [1.165, 1.54) is 19.0 Å². The molecule has 2 aliphatic rings. The third-order valence-corrected chi connectivity index (χ3v) is 6.41. The molecule has 2 fully saturated rings. The first-order chi connectivity index (χ1) is 16.1. The van der Waals surface area contributed by atoms with E-state index in [0.717, 1.165) is 17.8 Å². The van der Waals surface area contributed by atoms with E-state index < -0.39 is 5.54 Å². The fraction of sp³-hybridized carbons (Fsp3) is 0.364. The highest BCUT2D eigenvalue weighted by Gasteiger charge is 2.45. The van der Waals surface area contributed by atoms with Gasteiger partial charge in [0.15, 0.2) is 11.6 Å². The Labute approximate surface area is 189 Å². The highest BCUT2D eigenvalue weighted by atomic mass is 16.2. The molecule has 0 unspecified atom stereocenters. The molecule has 4 aromatic rings. The largest absolute Gasteiger partial charge is 0.326 e. The van der Waals surface area contributed by atoms with Gasteiger partial charge in [-0.1, -0.05) is 0 Å². The summed E-state index contributed by atoms with van der Waals surface area (Å²) < 4.78 is 1.88. The number of nitrogens with zero attached hydrogens (tertiary/aromatic N) is 7. The topological polar surface area (TPSA) is 129 Å². The lowest BCUT2D eigenvalue weighted by atomic mass is 9.98. The van der Waals surface area contributed by atoms with Crippen LogP contribution in [0.15, 0.2) is 43.0 Å². The van der Waals surface area contributed by atoms with E-state index >= 15 is 0 Å². The number of rotatable bonds is 6. The van der Waals surface area contributed by atoms with Gasteiger partial charge >= 0.3 is 0 Å². The van der Waals surface area contributed by atoms with Crippen LogP contribution in [0, 0.1) is 0 Å². The summed E-state index contributed by atoms with van der Waals surface area (Å²) in [7, 11) is 0. The summed E-state index contributed by atoms with van der Waals surface area (Å²) in [6, 6.07) is 5.87. The molecule has 4 aromatic heterocycles. The fourth-order valence-corrected chi connectivity index (χ4v) is 4.38. The monoisotopic (exact) mass is 444 g/mol. The molecule has 1 aliphatic carbocycles. The zero-order valence-corrected chi connectivity index (χ0v) is 18.2. The zero-order chi connectivity index (χ0) is 22.4. The summed E-state index contributed by atoms with van der Waals surface area (Å²) in [5, 5.41) is 13.7. The van der Waals surface area contributed by atoms with Crippen LogP contribution in [0.4, 0.5) is 23.5 Å². The van der Waals surface area contributed by atoms with Crippen LogP contribution in [0.3, 0.4) is 0 Å². The molecule has 5 heterocycles. The second-order valence-corrected chi connectivity index (χ2v) is 8.77. The van der Waals surface area contributed by atoms with Crippen LogP contribution in [-0.4, -0.2) is 52.5 Å². The molecule has 0 radical (unpaired) electrons. The first kappa shape index (κ1) is 19.6. The molecule has 11 nitrogen and oxygen atoms in total. The molecule has 0 bridgehead atoms. The Balaban J connectivity index is 1.32. The van der Waals surface area contributed by atoms with E-state index in [1.807, 2.05) is 40.6 Å². The minimum Gasteiger partial charge on any atom is -0.326 e.